The molecule has 1 N–H and O–H groups in total. The molecular weight excluding hydrogens is 339 g/mol. The van der Waals surface area contributed by atoms with Gasteiger partial charge in [-0.25, -0.2) is 9.37 Å². The van der Waals surface area contributed by atoms with Gasteiger partial charge in [-0.1, -0.05) is 42.2 Å². The van der Waals surface area contributed by atoms with E-state index in [0.29, 0.717) is 13.2 Å². The van der Waals surface area contributed by atoms with Crippen molar-refractivity contribution in [1.82, 2.24) is 9.97 Å². The number of hydrogen-bond acceptors (Lipinski definition) is 2. The van der Waals surface area contributed by atoms with E-state index in [1.54, 1.807) is 12.3 Å². The Morgan fingerprint density at radius 1 is 0.926 bits per heavy atom. The van der Waals surface area contributed by atoms with Crippen molar-refractivity contribution >= 4 is 11.0 Å². The predicted molar refractivity (Wildman–Crippen MR) is 103 cm³/mol. The van der Waals surface area contributed by atoms with Gasteiger partial charge in [0.2, 0.25) is 0 Å². The van der Waals surface area contributed by atoms with Gasteiger partial charge in [-0.15, -0.1) is 0 Å². The number of pyridine rings is 1. The summed E-state index contributed by atoms with van der Waals surface area (Å²) in [5, 5.41) is 1.00. The number of rotatable bonds is 4. The van der Waals surface area contributed by atoms with E-state index < -0.39 is 0 Å². The molecule has 0 unspecified atom stereocenters. The molecule has 0 spiro atoms. The standard InChI is InChI=1S/C23H17FN2O/c24-21-7-3-4-17(14-21)15-27-16-20-6-2-1-5-18(20)8-9-19-10-12-25-23-22(19)11-13-26-23/h1-7,10-14H,15-16H2,(H,25,26). The number of aromatic nitrogens is 2. The van der Waals surface area contributed by atoms with Crippen molar-refractivity contribution in [3.05, 3.63) is 101 Å². The van der Waals surface area contributed by atoms with Gasteiger partial charge in [0.1, 0.15) is 11.5 Å². The highest BCUT2D eigenvalue weighted by Gasteiger charge is 2.02. The summed E-state index contributed by atoms with van der Waals surface area (Å²) in [5.74, 6) is 6.21. The van der Waals surface area contributed by atoms with Crippen molar-refractivity contribution in [2.75, 3.05) is 0 Å². The lowest BCUT2D eigenvalue weighted by Crippen LogP contribution is -1.97. The fourth-order valence-electron chi connectivity index (χ4n) is 2.88. The predicted octanol–water partition coefficient (Wildman–Crippen LogP) is 4.82. The molecule has 0 bridgehead atoms. The minimum absolute atomic E-state index is 0.254. The zero-order valence-corrected chi connectivity index (χ0v) is 14.6. The van der Waals surface area contributed by atoms with Crippen LogP contribution in [0, 0.1) is 17.7 Å². The second kappa shape index (κ2) is 7.86. The number of nitrogens with zero attached hydrogens (tertiary/aromatic N) is 1. The topological polar surface area (TPSA) is 37.9 Å². The molecule has 0 saturated heterocycles. The highest BCUT2D eigenvalue weighted by molar-refractivity contribution is 5.82. The number of H-pyrrole nitrogens is 1. The second-order valence-electron chi connectivity index (χ2n) is 6.13. The van der Waals surface area contributed by atoms with E-state index in [4.69, 9.17) is 4.74 Å². The summed E-state index contributed by atoms with van der Waals surface area (Å²) < 4.78 is 19.0. The lowest BCUT2D eigenvalue weighted by atomic mass is 10.1. The number of aromatic amines is 1. The number of hydrogen-bond donors (Lipinski definition) is 1. The second-order valence-corrected chi connectivity index (χ2v) is 6.13. The zero-order chi connectivity index (χ0) is 18.5. The van der Waals surface area contributed by atoms with Gasteiger partial charge < -0.3 is 9.72 Å². The van der Waals surface area contributed by atoms with Crippen LogP contribution in [-0.2, 0) is 18.0 Å². The Bertz CT molecular complexity index is 1140. The van der Waals surface area contributed by atoms with Gasteiger partial charge >= 0.3 is 0 Å². The van der Waals surface area contributed by atoms with Gasteiger partial charge in [-0.3, -0.25) is 0 Å². The van der Waals surface area contributed by atoms with Gasteiger partial charge in [-0.2, -0.15) is 0 Å². The van der Waals surface area contributed by atoms with Crippen LogP contribution in [0.15, 0.2) is 73.1 Å². The Balaban J connectivity index is 1.51. The molecule has 0 amide bonds. The molecule has 2 heterocycles. The normalized spacial score (nSPS) is 10.6. The monoisotopic (exact) mass is 356 g/mol. The molecule has 27 heavy (non-hydrogen) atoms. The third-order valence-electron chi connectivity index (χ3n) is 4.22. The zero-order valence-electron chi connectivity index (χ0n) is 14.6. The van der Waals surface area contributed by atoms with E-state index in [0.717, 1.165) is 33.3 Å². The van der Waals surface area contributed by atoms with Gasteiger partial charge in [0.25, 0.3) is 0 Å². The van der Waals surface area contributed by atoms with Crippen LogP contribution in [0.5, 0.6) is 0 Å². The molecule has 0 saturated carbocycles. The molecule has 4 heteroatoms. The molecule has 0 fully saturated rings. The number of ether oxygens (including phenoxy) is 1. The maximum Gasteiger partial charge on any atom is 0.138 e. The first-order valence-corrected chi connectivity index (χ1v) is 8.64. The molecule has 0 aliphatic carbocycles. The molecule has 0 aliphatic heterocycles. The van der Waals surface area contributed by atoms with E-state index in [9.17, 15) is 4.39 Å². The highest BCUT2D eigenvalue weighted by Crippen LogP contribution is 2.15. The fraction of sp³-hybridized carbons (Fsp3) is 0.0870. The summed E-state index contributed by atoms with van der Waals surface area (Å²) in [5.41, 5.74) is 4.48. The average molecular weight is 356 g/mol. The van der Waals surface area contributed by atoms with Crippen LogP contribution in [0.1, 0.15) is 22.3 Å². The molecule has 2 aromatic heterocycles. The smallest absolute Gasteiger partial charge is 0.138 e. The number of fused-ring (bicyclic) bond motifs is 1. The summed E-state index contributed by atoms with van der Waals surface area (Å²) in [6, 6.07) is 18.2. The minimum atomic E-state index is -0.254. The Morgan fingerprint density at radius 2 is 1.81 bits per heavy atom. The Hall–Kier alpha value is -3.42. The first-order chi connectivity index (χ1) is 13.3. The summed E-state index contributed by atoms with van der Waals surface area (Å²) in [6.45, 7) is 0.769. The van der Waals surface area contributed by atoms with Crippen molar-refractivity contribution in [1.29, 1.82) is 0 Å². The van der Waals surface area contributed by atoms with Crippen molar-refractivity contribution in [3.8, 4) is 11.8 Å². The quantitative estimate of drug-likeness (QED) is 0.533. The molecule has 4 aromatic rings. The molecule has 0 aliphatic rings. The fourth-order valence-corrected chi connectivity index (χ4v) is 2.88. The van der Waals surface area contributed by atoms with Gasteiger partial charge in [0, 0.05) is 28.9 Å². The van der Waals surface area contributed by atoms with Crippen LogP contribution < -0.4 is 0 Å². The first-order valence-electron chi connectivity index (χ1n) is 8.64. The van der Waals surface area contributed by atoms with Gasteiger partial charge in [0.15, 0.2) is 0 Å². The van der Waals surface area contributed by atoms with E-state index in [-0.39, 0.29) is 5.82 Å². The van der Waals surface area contributed by atoms with E-state index in [1.807, 2.05) is 48.7 Å². The molecule has 3 nitrogen and oxygen atoms in total. The Labute approximate surface area is 156 Å². The minimum Gasteiger partial charge on any atom is -0.372 e. The third kappa shape index (κ3) is 4.05. The van der Waals surface area contributed by atoms with Crippen molar-refractivity contribution in [2.24, 2.45) is 0 Å². The molecule has 132 valence electrons. The SMILES string of the molecule is Fc1cccc(COCc2ccccc2C#Cc2ccnc3[nH]ccc23)c1. The van der Waals surface area contributed by atoms with Crippen molar-refractivity contribution in [3.63, 3.8) is 0 Å². The number of benzene rings is 2. The van der Waals surface area contributed by atoms with E-state index in [2.05, 4.69) is 21.8 Å². The third-order valence-corrected chi connectivity index (χ3v) is 4.22. The Kier molecular flexibility index (Phi) is 4.95. The van der Waals surface area contributed by atoms with Gasteiger partial charge in [-0.05, 0) is 41.5 Å². The van der Waals surface area contributed by atoms with Crippen LogP contribution in [0.4, 0.5) is 4.39 Å². The van der Waals surface area contributed by atoms with Crippen LogP contribution in [0.3, 0.4) is 0 Å². The first kappa shape index (κ1) is 17.0. The summed E-state index contributed by atoms with van der Waals surface area (Å²) in [6.07, 6.45) is 3.61. The summed E-state index contributed by atoms with van der Waals surface area (Å²) in [4.78, 5) is 7.37. The van der Waals surface area contributed by atoms with Crippen molar-refractivity contribution < 1.29 is 9.13 Å². The molecule has 0 radical (unpaired) electrons. The molecular formula is C23H17FN2O. The van der Waals surface area contributed by atoms with Crippen LogP contribution >= 0.6 is 0 Å². The maximum atomic E-state index is 13.3. The van der Waals surface area contributed by atoms with Crippen LogP contribution in [0.25, 0.3) is 11.0 Å². The Morgan fingerprint density at radius 3 is 2.74 bits per heavy atom. The van der Waals surface area contributed by atoms with Gasteiger partial charge in [0.05, 0.1) is 13.2 Å². The summed E-state index contributed by atoms with van der Waals surface area (Å²) in [7, 11) is 0. The summed E-state index contributed by atoms with van der Waals surface area (Å²) >= 11 is 0. The lowest BCUT2D eigenvalue weighted by Gasteiger charge is -2.07. The molecule has 2 aromatic carbocycles. The van der Waals surface area contributed by atoms with Crippen molar-refractivity contribution in [2.45, 2.75) is 13.2 Å². The largest absolute Gasteiger partial charge is 0.372 e. The van der Waals surface area contributed by atoms with Crippen LogP contribution in [0.2, 0.25) is 0 Å². The van der Waals surface area contributed by atoms with E-state index >= 15 is 0 Å². The number of halogens is 1. The average Bonchev–Trinajstić information content (AvgIpc) is 3.17. The number of nitrogens with one attached hydrogen (secondary N) is 1. The molecule has 0 atom stereocenters. The molecule has 4 rings (SSSR count). The maximum absolute atomic E-state index is 13.3. The van der Waals surface area contributed by atoms with Crippen LogP contribution in [-0.4, -0.2) is 9.97 Å². The van der Waals surface area contributed by atoms with E-state index in [1.165, 1.54) is 12.1 Å². The lowest BCUT2D eigenvalue weighted by molar-refractivity contribution is 0.107. The highest BCUT2D eigenvalue weighted by atomic mass is 19.1.